The molecule has 0 aromatic heterocycles. The molecule has 0 unspecified atom stereocenters. The van der Waals surface area contributed by atoms with Crippen LogP contribution in [-0.2, 0) is 19.1 Å². The first-order valence-electron chi connectivity index (χ1n) is 9.91. The molecule has 0 aliphatic carbocycles. The fraction of sp³-hybridized carbons (Fsp3) is 0.320. The maximum absolute atomic E-state index is 10.4. The van der Waals surface area contributed by atoms with Gasteiger partial charge in [-0.2, -0.15) is 0 Å². The predicted molar refractivity (Wildman–Crippen MR) is 137 cm³/mol. The highest BCUT2D eigenvalue weighted by atomic mass is 35.5. The van der Waals surface area contributed by atoms with E-state index >= 15 is 0 Å². The topological polar surface area (TPSA) is 141 Å². The summed E-state index contributed by atoms with van der Waals surface area (Å²) in [5.74, 6) is -1.60. The van der Waals surface area contributed by atoms with Crippen LogP contribution in [0.3, 0.4) is 0 Å². The summed E-state index contributed by atoms with van der Waals surface area (Å²) in [6.45, 7) is 16.2. The Hall–Kier alpha value is -3.20. The van der Waals surface area contributed by atoms with Gasteiger partial charge in [-0.1, -0.05) is 62.2 Å². The summed E-state index contributed by atoms with van der Waals surface area (Å²) >= 11 is 5.46. The Bertz CT molecular complexity index is 705. The molecule has 0 aliphatic rings. The number of aliphatic hydroxyl groups excluding tert-OH is 2. The van der Waals surface area contributed by atoms with Crippen molar-refractivity contribution in [1.82, 2.24) is 0 Å². The van der Waals surface area contributed by atoms with Crippen molar-refractivity contribution in [2.24, 2.45) is 0 Å². The number of allylic oxidation sites excluding steroid dienone is 1. The van der Waals surface area contributed by atoms with Gasteiger partial charge in [0.1, 0.15) is 0 Å². The molecule has 0 amide bonds. The standard InChI is InChI=1S/C9H9Cl.C6H10O2.2C4H6O2.C2H6O2/c10-8-4-7-9-5-2-1-3-6-9;1-4-8-6(7)5(2)3;2*1-3(2)4(5)6;3-1-2-4/h1-7H,8H2;2,4H2,1,3H3;2*1H2,2H3,(H,5,6);3-4H,1-2H2. The molecule has 192 valence electrons. The molecule has 9 heteroatoms. The van der Waals surface area contributed by atoms with Crippen LogP contribution in [0.1, 0.15) is 33.3 Å². The number of aliphatic carboxylic acids is 2. The lowest BCUT2D eigenvalue weighted by atomic mass is 10.2. The number of carbonyl (C=O) groups excluding carboxylic acids is 1. The van der Waals surface area contributed by atoms with Gasteiger partial charge in [-0.15, -0.1) is 11.6 Å². The Morgan fingerprint density at radius 3 is 1.47 bits per heavy atom. The first-order chi connectivity index (χ1) is 15.8. The molecule has 0 aliphatic heterocycles. The van der Waals surface area contributed by atoms with Gasteiger partial charge in [0.25, 0.3) is 0 Å². The predicted octanol–water partition coefficient (Wildman–Crippen LogP) is 4.33. The number of carbonyl (C=O) groups is 3. The summed E-state index contributed by atoms with van der Waals surface area (Å²) in [6.07, 6.45) is 3.93. The average molecular weight is 501 g/mol. The maximum atomic E-state index is 10.4. The number of halogens is 1. The highest BCUT2D eigenvalue weighted by Crippen LogP contribution is 2.00. The second-order valence-corrected chi connectivity index (χ2v) is 6.39. The number of benzene rings is 1. The van der Waals surface area contributed by atoms with Gasteiger partial charge < -0.3 is 25.2 Å². The molecule has 0 saturated carbocycles. The first-order valence-corrected chi connectivity index (χ1v) is 10.4. The van der Waals surface area contributed by atoms with Crippen LogP contribution in [0.25, 0.3) is 6.08 Å². The SMILES string of the molecule is C=C(C)C(=O)O.C=C(C)C(=O)O.C=C(C)C(=O)OCC.ClCC=Cc1ccccc1.OCCO. The van der Waals surface area contributed by atoms with E-state index in [2.05, 4.69) is 24.5 Å². The van der Waals surface area contributed by atoms with Crippen LogP contribution in [0.5, 0.6) is 0 Å². The Balaban J connectivity index is -0.000000171. The van der Waals surface area contributed by atoms with Crippen LogP contribution in [0.2, 0.25) is 0 Å². The summed E-state index contributed by atoms with van der Waals surface area (Å²) in [6, 6.07) is 10.1. The molecule has 0 bridgehead atoms. The van der Waals surface area contributed by atoms with Crippen molar-refractivity contribution in [1.29, 1.82) is 0 Å². The zero-order chi connectivity index (χ0) is 27.5. The van der Waals surface area contributed by atoms with Crippen molar-refractivity contribution in [3.05, 3.63) is 78.4 Å². The molecule has 0 radical (unpaired) electrons. The maximum Gasteiger partial charge on any atom is 0.333 e. The highest BCUT2D eigenvalue weighted by molar-refractivity contribution is 6.19. The van der Waals surface area contributed by atoms with Gasteiger partial charge in [-0.3, -0.25) is 0 Å². The van der Waals surface area contributed by atoms with E-state index < -0.39 is 11.9 Å². The van der Waals surface area contributed by atoms with Crippen LogP contribution >= 0.6 is 11.6 Å². The van der Waals surface area contributed by atoms with Gasteiger partial charge in [-0.25, -0.2) is 14.4 Å². The number of ether oxygens (including phenoxy) is 1. The third kappa shape index (κ3) is 36.2. The molecular weight excluding hydrogens is 464 g/mol. The average Bonchev–Trinajstić information content (AvgIpc) is 2.79. The molecule has 4 N–H and O–H groups in total. The normalized spacial score (nSPS) is 8.56. The molecule has 0 saturated heterocycles. The van der Waals surface area contributed by atoms with Crippen LogP contribution in [0.4, 0.5) is 0 Å². The van der Waals surface area contributed by atoms with Crippen molar-refractivity contribution >= 4 is 35.6 Å². The van der Waals surface area contributed by atoms with E-state index in [-0.39, 0.29) is 30.3 Å². The zero-order valence-corrected chi connectivity index (χ0v) is 21.0. The van der Waals surface area contributed by atoms with Gasteiger partial charge in [0, 0.05) is 22.6 Å². The zero-order valence-electron chi connectivity index (χ0n) is 20.3. The Kier molecular flexibility index (Phi) is 31.2. The molecular formula is C25H37ClO8. The fourth-order valence-corrected chi connectivity index (χ4v) is 1.09. The Labute approximate surface area is 207 Å². The molecule has 1 aromatic rings. The van der Waals surface area contributed by atoms with Gasteiger partial charge in [-0.05, 0) is 33.3 Å². The number of hydrogen-bond donors (Lipinski definition) is 4. The van der Waals surface area contributed by atoms with Crippen LogP contribution < -0.4 is 0 Å². The first kappa shape index (κ1) is 38.1. The number of aliphatic hydroxyl groups is 2. The number of rotatable bonds is 7. The third-order valence-corrected chi connectivity index (χ3v) is 2.83. The molecule has 0 spiro atoms. The number of carboxylic acid groups (broad SMARTS) is 2. The van der Waals surface area contributed by atoms with Crippen molar-refractivity contribution in [3.63, 3.8) is 0 Å². The third-order valence-electron chi connectivity index (χ3n) is 2.65. The van der Waals surface area contributed by atoms with Crippen LogP contribution in [-0.4, -0.2) is 64.0 Å². The van der Waals surface area contributed by atoms with Crippen molar-refractivity contribution < 1.29 is 39.5 Å². The largest absolute Gasteiger partial charge is 0.478 e. The molecule has 1 rings (SSSR count). The second kappa shape index (κ2) is 27.8. The minimum atomic E-state index is -0.935. The van der Waals surface area contributed by atoms with Crippen LogP contribution in [0.15, 0.2) is 72.9 Å². The molecule has 1 aromatic carbocycles. The number of hydrogen-bond acceptors (Lipinski definition) is 6. The lowest BCUT2D eigenvalue weighted by Crippen LogP contribution is -2.03. The number of alkyl halides is 1. The molecule has 0 fully saturated rings. The summed E-state index contributed by atoms with van der Waals surface area (Å²) in [5, 5.41) is 31.0. The van der Waals surface area contributed by atoms with Gasteiger partial charge in [0.05, 0.1) is 19.8 Å². The van der Waals surface area contributed by atoms with E-state index in [4.69, 9.17) is 32.0 Å². The van der Waals surface area contributed by atoms with E-state index in [0.717, 1.165) is 0 Å². The van der Waals surface area contributed by atoms with E-state index in [9.17, 15) is 14.4 Å². The van der Waals surface area contributed by atoms with E-state index in [0.29, 0.717) is 18.1 Å². The van der Waals surface area contributed by atoms with Crippen molar-refractivity contribution in [2.75, 3.05) is 25.7 Å². The Morgan fingerprint density at radius 1 is 0.882 bits per heavy atom. The lowest BCUT2D eigenvalue weighted by Gasteiger charge is -1.96. The Morgan fingerprint density at radius 2 is 1.26 bits per heavy atom. The van der Waals surface area contributed by atoms with Crippen LogP contribution in [0, 0.1) is 0 Å². The van der Waals surface area contributed by atoms with Crippen molar-refractivity contribution in [2.45, 2.75) is 27.7 Å². The van der Waals surface area contributed by atoms with Gasteiger partial charge in [0.2, 0.25) is 0 Å². The summed E-state index contributed by atoms with van der Waals surface area (Å²) < 4.78 is 4.56. The fourth-order valence-electron chi connectivity index (χ4n) is 0.999. The number of esters is 1. The quantitative estimate of drug-likeness (QED) is 0.246. The summed E-state index contributed by atoms with van der Waals surface area (Å²) in [7, 11) is 0. The minimum Gasteiger partial charge on any atom is -0.478 e. The monoisotopic (exact) mass is 500 g/mol. The smallest absolute Gasteiger partial charge is 0.333 e. The molecule has 0 atom stereocenters. The summed E-state index contributed by atoms with van der Waals surface area (Å²) in [5.41, 5.74) is 2.00. The summed E-state index contributed by atoms with van der Waals surface area (Å²) in [4.78, 5) is 29.6. The van der Waals surface area contributed by atoms with Crippen molar-refractivity contribution in [3.8, 4) is 0 Å². The second-order valence-electron chi connectivity index (χ2n) is 6.09. The van der Waals surface area contributed by atoms with Gasteiger partial charge >= 0.3 is 17.9 Å². The van der Waals surface area contributed by atoms with Gasteiger partial charge in [0.15, 0.2) is 0 Å². The molecule has 0 heterocycles. The van der Waals surface area contributed by atoms with E-state index in [1.807, 2.05) is 42.5 Å². The number of carboxylic acids is 2. The molecule has 34 heavy (non-hydrogen) atoms. The van der Waals surface area contributed by atoms with E-state index in [1.54, 1.807) is 13.8 Å². The highest BCUT2D eigenvalue weighted by Gasteiger charge is 1.98. The lowest BCUT2D eigenvalue weighted by molar-refractivity contribution is -0.138. The molecule has 8 nitrogen and oxygen atoms in total. The van der Waals surface area contributed by atoms with E-state index in [1.165, 1.54) is 19.4 Å². The minimum absolute atomic E-state index is 0.125.